The van der Waals surface area contributed by atoms with E-state index >= 15 is 0 Å². The van der Waals surface area contributed by atoms with Crippen LogP contribution in [0.25, 0.3) is 0 Å². The molecule has 2 fully saturated rings. The molecule has 1 aliphatic heterocycles. The molecule has 1 N–H and O–H groups in total. The lowest BCUT2D eigenvalue weighted by atomic mass is 9.76. The highest BCUT2D eigenvalue weighted by Crippen LogP contribution is 2.36. The Morgan fingerprint density at radius 1 is 1.21 bits per heavy atom. The van der Waals surface area contributed by atoms with Gasteiger partial charge in [0.1, 0.15) is 0 Å². The summed E-state index contributed by atoms with van der Waals surface area (Å²) in [6.45, 7) is 8.11. The van der Waals surface area contributed by atoms with E-state index in [4.69, 9.17) is 12.2 Å². The van der Waals surface area contributed by atoms with Crippen molar-refractivity contribution in [1.82, 2.24) is 9.80 Å². The summed E-state index contributed by atoms with van der Waals surface area (Å²) in [5.74, 6) is 1.52. The maximum absolute atomic E-state index is 11.8. The smallest absolute Gasteiger partial charge is 0.219 e. The van der Waals surface area contributed by atoms with Gasteiger partial charge in [0, 0.05) is 42.7 Å². The number of thioether (sulfide) groups is 1. The van der Waals surface area contributed by atoms with E-state index in [1.54, 1.807) is 18.7 Å². The number of thiocarbonyl (C=S) groups is 1. The molecule has 0 spiro atoms. The lowest BCUT2D eigenvalue weighted by Gasteiger charge is -2.48. The Balaban J connectivity index is 1.80. The van der Waals surface area contributed by atoms with E-state index in [-0.39, 0.29) is 5.91 Å². The van der Waals surface area contributed by atoms with Gasteiger partial charge < -0.3 is 15.1 Å². The minimum atomic E-state index is 0.184. The molecule has 1 aliphatic carbocycles. The Hall–Kier alpha value is -1.27. The number of benzene rings is 1. The largest absolute Gasteiger partial charge is 0.343 e. The van der Waals surface area contributed by atoms with E-state index in [0.717, 1.165) is 42.6 Å². The highest BCUT2D eigenvalue weighted by Gasteiger charge is 2.37. The predicted molar refractivity (Wildman–Crippen MR) is 128 cm³/mol. The molecule has 29 heavy (non-hydrogen) atoms. The summed E-state index contributed by atoms with van der Waals surface area (Å²) in [5, 5.41) is 4.39. The van der Waals surface area contributed by atoms with Crippen molar-refractivity contribution in [2.24, 2.45) is 11.8 Å². The van der Waals surface area contributed by atoms with Gasteiger partial charge >= 0.3 is 0 Å². The highest BCUT2D eigenvalue weighted by molar-refractivity contribution is 7.98. The fraction of sp³-hybridized carbons (Fsp3) is 0.652. The summed E-state index contributed by atoms with van der Waals surface area (Å²) < 4.78 is 0. The molecule has 1 aromatic carbocycles. The molecule has 160 valence electrons. The van der Waals surface area contributed by atoms with Crippen molar-refractivity contribution in [3.05, 3.63) is 24.3 Å². The van der Waals surface area contributed by atoms with Crippen molar-refractivity contribution >= 4 is 40.7 Å². The fourth-order valence-corrected chi connectivity index (χ4v) is 5.74. The maximum Gasteiger partial charge on any atom is 0.219 e. The molecule has 1 saturated heterocycles. The van der Waals surface area contributed by atoms with Gasteiger partial charge in [0.15, 0.2) is 5.11 Å². The highest BCUT2D eigenvalue weighted by atomic mass is 32.2. The van der Waals surface area contributed by atoms with Crippen LogP contribution in [0.3, 0.4) is 0 Å². The first-order valence-electron chi connectivity index (χ1n) is 10.9. The van der Waals surface area contributed by atoms with Gasteiger partial charge in [-0.1, -0.05) is 32.8 Å². The summed E-state index contributed by atoms with van der Waals surface area (Å²) in [5.41, 5.74) is 1.06. The van der Waals surface area contributed by atoms with Crippen molar-refractivity contribution in [3.8, 4) is 0 Å². The Kier molecular flexibility index (Phi) is 7.85. The molecule has 1 aromatic rings. The van der Waals surface area contributed by atoms with Gasteiger partial charge in [0.05, 0.1) is 0 Å². The van der Waals surface area contributed by atoms with Gasteiger partial charge in [0.25, 0.3) is 0 Å². The first-order chi connectivity index (χ1) is 13.9. The predicted octanol–water partition coefficient (Wildman–Crippen LogP) is 5.24. The van der Waals surface area contributed by atoms with Crippen LogP contribution in [-0.4, -0.2) is 52.2 Å². The average molecular weight is 434 g/mol. The van der Waals surface area contributed by atoms with Gasteiger partial charge in [-0.15, -0.1) is 11.8 Å². The van der Waals surface area contributed by atoms with Gasteiger partial charge in [-0.3, -0.25) is 4.79 Å². The third kappa shape index (κ3) is 5.46. The minimum absolute atomic E-state index is 0.184. The molecular formula is C23H35N3OS2. The van der Waals surface area contributed by atoms with Gasteiger partial charge in [0.2, 0.25) is 5.91 Å². The second kappa shape index (κ2) is 10.2. The molecule has 0 bridgehead atoms. The molecule has 0 unspecified atom stereocenters. The third-order valence-corrected chi connectivity index (χ3v) is 7.92. The van der Waals surface area contributed by atoms with E-state index in [0.29, 0.717) is 18.0 Å². The minimum Gasteiger partial charge on any atom is -0.343 e. The van der Waals surface area contributed by atoms with Gasteiger partial charge in [-0.25, -0.2) is 0 Å². The standard InChI is InChI=1S/C23H35N3OS2/c1-16-7-5-10-22(17(16)2)26(20-11-13-25(14-12-20)18(3)27)23(28)24-19-8-6-9-21(15-19)29-4/h6,8-9,15-17,20,22H,5,7,10-14H2,1-4H3,(H,24,28)/t16-,17-,22+/m0/s1. The molecule has 1 amide bonds. The Labute approximate surface area is 185 Å². The summed E-state index contributed by atoms with van der Waals surface area (Å²) >= 11 is 7.74. The Morgan fingerprint density at radius 2 is 1.93 bits per heavy atom. The van der Waals surface area contributed by atoms with Crippen LogP contribution < -0.4 is 5.32 Å². The number of hydrogen-bond acceptors (Lipinski definition) is 3. The first kappa shape index (κ1) is 22.4. The molecule has 0 aromatic heterocycles. The quantitative estimate of drug-likeness (QED) is 0.519. The number of carbonyl (C=O) groups excluding carboxylic acids is 1. The van der Waals surface area contributed by atoms with E-state index in [1.807, 2.05) is 4.90 Å². The Bertz CT molecular complexity index is 718. The number of carbonyl (C=O) groups is 1. The molecule has 1 heterocycles. The van der Waals surface area contributed by atoms with Crippen LogP contribution in [0.2, 0.25) is 0 Å². The molecule has 3 rings (SSSR count). The molecule has 4 nitrogen and oxygen atoms in total. The van der Waals surface area contributed by atoms with Crippen LogP contribution in [0.5, 0.6) is 0 Å². The number of hydrogen-bond donors (Lipinski definition) is 1. The van der Waals surface area contributed by atoms with Crippen molar-refractivity contribution in [2.45, 2.75) is 69.9 Å². The van der Waals surface area contributed by atoms with E-state index in [1.165, 1.54) is 24.2 Å². The van der Waals surface area contributed by atoms with Crippen LogP contribution >= 0.6 is 24.0 Å². The molecular weight excluding hydrogens is 398 g/mol. The maximum atomic E-state index is 11.8. The first-order valence-corrected chi connectivity index (χ1v) is 12.5. The topological polar surface area (TPSA) is 35.6 Å². The van der Waals surface area contributed by atoms with Crippen LogP contribution in [0.1, 0.15) is 52.9 Å². The lowest BCUT2D eigenvalue weighted by molar-refractivity contribution is -0.130. The number of likely N-dealkylation sites (tertiary alicyclic amines) is 1. The zero-order chi connectivity index (χ0) is 21.0. The van der Waals surface area contributed by atoms with Crippen LogP contribution in [0.4, 0.5) is 5.69 Å². The van der Waals surface area contributed by atoms with Gasteiger partial charge in [-0.2, -0.15) is 0 Å². The number of rotatable bonds is 4. The fourth-order valence-electron chi connectivity index (χ4n) is 4.88. The molecule has 0 radical (unpaired) electrons. The van der Waals surface area contributed by atoms with Gasteiger partial charge in [-0.05, 0) is 67.8 Å². The summed E-state index contributed by atoms with van der Waals surface area (Å²) in [6, 6.07) is 9.33. The van der Waals surface area contributed by atoms with Crippen LogP contribution in [-0.2, 0) is 4.79 Å². The zero-order valence-corrected chi connectivity index (χ0v) is 19.8. The van der Waals surface area contributed by atoms with E-state index in [2.05, 4.69) is 54.6 Å². The van der Waals surface area contributed by atoms with Crippen molar-refractivity contribution in [1.29, 1.82) is 0 Å². The van der Waals surface area contributed by atoms with E-state index in [9.17, 15) is 4.79 Å². The second-order valence-corrected chi connectivity index (χ2v) is 9.91. The number of piperidine rings is 1. The molecule has 6 heteroatoms. The van der Waals surface area contributed by atoms with Crippen molar-refractivity contribution in [3.63, 3.8) is 0 Å². The normalized spacial score (nSPS) is 25.5. The lowest BCUT2D eigenvalue weighted by Crippen LogP contribution is -2.56. The summed E-state index contributed by atoms with van der Waals surface area (Å²) in [6.07, 6.45) is 7.85. The molecule has 1 saturated carbocycles. The monoisotopic (exact) mass is 433 g/mol. The number of nitrogens with one attached hydrogen (secondary N) is 1. The SMILES string of the molecule is CSc1cccc(NC(=S)N(C2CCN(C(C)=O)CC2)[C@@H]2CCC[C@H](C)[C@@H]2C)c1. The van der Waals surface area contributed by atoms with Crippen LogP contribution in [0.15, 0.2) is 29.2 Å². The summed E-state index contributed by atoms with van der Waals surface area (Å²) in [7, 11) is 0. The number of nitrogens with zero attached hydrogens (tertiary/aromatic N) is 2. The molecule has 3 atom stereocenters. The third-order valence-electron chi connectivity index (χ3n) is 6.88. The Morgan fingerprint density at radius 3 is 2.59 bits per heavy atom. The van der Waals surface area contributed by atoms with Crippen LogP contribution in [0, 0.1) is 11.8 Å². The number of anilines is 1. The van der Waals surface area contributed by atoms with E-state index < -0.39 is 0 Å². The zero-order valence-electron chi connectivity index (χ0n) is 18.2. The van der Waals surface area contributed by atoms with Crippen molar-refractivity contribution in [2.75, 3.05) is 24.7 Å². The molecule has 2 aliphatic rings. The number of amides is 1. The second-order valence-electron chi connectivity index (χ2n) is 8.64. The summed E-state index contributed by atoms with van der Waals surface area (Å²) in [4.78, 5) is 17.5. The average Bonchev–Trinajstić information content (AvgIpc) is 2.72. The van der Waals surface area contributed by atoms with Crippen molar-refractivity contribution < 1.29 is 4.79 Å².